The fourth-order valence-corrected chi connectivity index (χ4v) is 2.46. The molecule has 8 heteroatoms. The quantitative estimate of drug-likeness (QED) is 0.621. The molecule has 2 atom stereocenters. The number of nitrogens with one attached hydrogen (secondary N) is 1. The van der Waals surface area contributed by atoms with E-state index in [0.717, 1.165) is 0 Å². The van der Waals surface area contributed by atoms with Crippen LogP contribution in [0.1, 0.15) is 29.3 Å². The van der Waals surface area contributed by atoms with E-state index in [0.29, 0.717) is 29.2 Å². The van der Waals surface area contributed by atoms with Crippen molar-refractivity contribution >= 4 is 11.3 Å². The Morgan fingerprint density at radius 1 is 1.56 bits per heavy atom. The maximum Gasteiger partial charge on any atom is 0.443 e. The van der Waals surface area contributed by atoms with E-state index in [4.69, 9.17) is 10.6 Å². The summed E-state index contributed by atoms with van der Waals surface area (Å²) < 4.78 is 42.3. The van der Waals surface area contributed by atoms with E-state index in [2.05, 4.69) is 10.4 Å². The average molecular weight is 283 g/mol. The second-order valence-electron chi connectivity index (χ2n) is 4.08. The summed E-state index contributed by atoms with van der Waals surface area (Å²) in [4.78, 5) is 3.86. The fourth-order valence-electron chi connectivity index (χ4n) is 1.60. The lowest BCUT2D eigenvalue weighted by molar-refractivity contribution is -0.137. The number of halogens is 3. The zero-order valence-electron chi connectivity index (χ0n) is 10.1. The van der Waals surface area contributed by atoms with Gasteiger partial charge in [-0.05, 0) is 12.3 Å². The molecule has 0 aromatic carbocycles. The van der Waals surface area contributed by atoms with Crippen molar-refractivity contribution in [2.75, 3.05) is 13.7 Å². The lowest BCUT2D eigenvalue weighted by Crippen LogP contribution is -2.29. The van der Waals surface area contributed by atoms with E-state index in [1.807, 2.05) is 6.92 Å². The van der Waals surface area contributed by atoms with Crippen molar-refractivity contribution in [3.8, 4) is 0 Å². The van der Waals surface area contributed by atoms with Crippen molar-refractivity contribution in [1.29, 1.82) is 0 Å². The molecule has 4 nitrogen and oxygen atoms in total. The summed E-state index contributed by atoms with van der Waals surface area (Å²) in [6.07, 6.45) is -2.60. The molecule has 1 aromatic heterocycles. The van der Waals surface area contributed by atoms with Crippen LogP contribution in [-0.2, 0) is 10.9 Å². The second kappa shape index (κ2) is 6.46. The summed E-state index contributed by atoms with van der Waals surface area (Å²) in [5.74, 6) is 5.56. The van der Waals surface area contributed by atoms with Gasteiger partial charge in [0.25, 0.3) is 0 Å². The molecule has 0 spiro atoms. The van der Waals surface area contributed by atoms with Crippen LogP contribution in [0.5, 0.6) is 0 Å². The van der Waals surface area contributed by atoms with Crippen LogP contribution in [0.3, 0.4) is 0 Å². The summed E-state index contributed by atoms with van der Waals surface area (Å²) in [6.45, 7) is 2.47. The highest BCUT2D eigenvalue weighted by Gasteiger charge is 2.35. The lowest BCUT2D eigenvalue weighted by Gasteiger charge is -2.18. The van der Waals surface area contributed by atoms with Gasteiger partial charge >= 0.3 is 6.18 Å². The first-order chi connectivity index (χ1) is 8.38. The van der Waals surface area contributed by atoms with E-state index in [1.165, 1.54) is 6.20 Å². The van der Waals surface area contributed by atoms with Gasteiger partial charge in [0.2, 0.25) is 0 Å². The molecule has 1 heterocycles. The largest absolute Gasteiger partial charge is 0.443 e. The molecule has 3 N–H and O–H groups in total. The minimum absolute atomic E-state index is 0.187. The fraction of sp³-hybridized carbons (Fsp3) is 0.700. The Balaban J connectivity index is 2.74. The third-order valence-corrected chi connectivity index (χ3v) is 3.56. The van der Waals surface area contributed by atoms with Crippen LogP contribution in [0.25, 0.3) is 0 Å². The van der Waals surface area contributed by atoms with Gasteiger partial charge < -0.3 is 4.74 Å². The predicted molar refractivity (Wildman–Crippen MR) is 62.8 cm³/mol. The number of aromatic nitrogens is 1. The third-order valence-electron chi connectivity index (χ3n) is 2.40. The minimum Gasteiger partial charge on any atom is -0.384 e. The molecule has 2 unspecified atom stereocenters. The van der Waals surface area contributed by atoms with Crippen molar-refractivity contribution in [2.45, 2.75) is 25.6 Å². The van der Waals surface area contributed by atoms with Crippen LogP contribution in [0.15, 0.2) is 6.20 Å². The maximum absolute atomic E-state index is 12.4. The van der Waals surface area contributed by atoms with Crippen LogP contribution in [-0.4, -0.2) is 18.7 Å². The Bertz CT molecular complexity index is 369. The second-order valence-corrected chi connectivity index (χ2v) is 5.14. The standard InChI is InChI=1S/C10H16F3N3OS/c1-6(5-17-2)3-7(16-14)8-4-15-9(18-8)10(11,12)13/h4,6-7,16H,3,5,14H2,1-2H3. The summed E-state index contributed by atoms with van der Waals surface area (Å²) >= 11 is 0.613. The molecule has 0 amide bonds. The number of nitrogens with zero attached hydrogens (tertiary/aromatic N) is 1. The Hall–Kier alpha value is -0.700. The first-order valence-corrected chi connectivity index (χ1v) is 6.18. The van der Waals surface area contributed by atoms with Gasteiger partial charge in [-0.25, -0.2) is 4.98 Å². The van der Waals surface area contributed by atoms with Gasteiger partial charge in [0, 0.05) is 24.8 Å². The molecule has 104 valence electrons. The molecule has 1 rings (SSSR count). The number of hydrazine groups is 1. The number of hydrogen-bond acceptors (Lipinski definition) is 5. The number of rotatable bonds is 6. The van der Waals surface area contributed by atoms with Gasteiger partial charge in [-0.15, -0.1) is 11.3 Å². The van der Waals surface area contributed by atoms with Crippen molar-refractivity contribution in [2.24, 2.45) is 11.8 Å². The van der Waals surface area contributed by atoms with Crippen molar-refractivity contribution in [3.05, 3.63) is 16.1 Å². The molecular weight excluding hydrogens is 267 g/mol. The van der Waals surface area contributed by atoms with Crippen LogP contribution in [0, 0.1) is 5.92 Å². The molecule has 0 saturated heterocycles. The van der Waals surface area contributed by atoms with Gasteiger partial charge in [-0.1, -0.05) is 6.92 Å². The van der Waals surface area contributed by atoms with E-state index in [9.17, 15) is 13.2 Å². The zero-order chi connectivity index (χ0) is 13.8. The third kappa shape index (κ3) is 4.20. The maximum atomic E-state index is 12.4. The first-order valence-electron chi connectivity index (χ1n) is 5.36. The Labute approximate surface area is 107 Å². The van der Waals surface area contributed by atoms with Gasteiger partial charge in [0.15, 0.2) is 5.01 Å². The summed E-state index contributed by atoms with van der Waals surface area (Å²) in [7, 11) is 1.58. The predicted octanol–water partition coefficient (Wildman–Crippen LogP) is 2.34. The van der Waals surface area contributed by atoms with E-state index >= 15 is 0 Å². The number of ether oxygens (including phenoxy) is 1. The first kappa shape index (κ1) is 15.4. The number of alkyl halides is 3. The molecule has 0 radical (unpaired) electrons. The molecule has 0 aliphatic rings. The number of methoxy groups -OCH3 is 1. The number of thiazole rings is 1. The van der Waals surface area contributed by atoms with Gasteiger partial charge in [0.05, 0.1) is 6.04 Å². The highest BCUT2D eigenvalue weighted by molar-refractivity contribution is 7.11. The van der Waals surface area contributed by atoms with Gasteiger partial charge in [-0.3, -0.25) is 11.3 Å². The minimum atomic E-state index is -4.40. The van der Waals surface area contributed by atoms with Crippen LogP contribution in [0.4, 0.5) is 13.2 Å². The highest BCUT2D eigenvalue weighted by atomic mass is 32.1. The topological polar surface area (TPSA) is 60.2 Å². The average Bonchev–Trinajstić information content (AvgIpc) is 2.75. The monoisotopic (exact) mass is 283 g/mol. The van der Waals surface area contributed by atoms with E-state index < -0.39 is 11.2 Å². The Kier molecular flexibility index (Phi) is 5.51. The van der Waals surface area contributed by atoms with Crippen LogP contribution < -0.4 is 11.3 Å². The van der Waals surface area contributed by atoms with Crippen molar-refractivity contribution in [3.63, 3.8) is 0 Å². The van der Waals surface area contributed by atoms with Gasteiger partial charge in [0.1, 0.15) is 0 Å². The molecular formula is C10H16F3N3OS. The normalized spacial score (nSPS) is 15.7. The Morgan fingerprint density at radius 2 is 2.22 bits per heavy atom. The molecule has 0 bridgehead atoms. The van der Waals surface area contributed by atoms with E-state index in [1.54, 1.807) is 7.11 Å². The SMILES string of the molecule is COCC(C)CC(NN)c1cnc(C(F)(F)F)s1. The zero-order valence-corrected chi connectivity index (χ0v) is 10.9. The van der Waals surface area contributed by atoms with Crippen LogP contribution in [0.2, 0.25) is 0 Å². The van der Waals surface area contributed by atoms with E-state index in [-0.39, 0.29) is 12.0 Å². The number of nitrogens with two attached hydrogens (primary N) is 1. The summed E-state index contributed by atoms with van der Waals surface area (Å²) in [5, 5.41) is -0.850. The Morgan fingerprint density at radius 3 is 2.67 bits per heavy atom. The lowest BCUT2D eigenvalue weighted by atomic mass is 10.0. The molecule has 0 fully saturated rings. The van der Waals surface area contributed by atoms with Crippen molar-refractivity contribution < 1.29 is 17.9 Å². The highest BCUT2D eigenvalue weighted by Crippen LogP contribution is 2.35. The van der Waals surface area contributed by atoms with Crippen LogP contribution >= 0.6 is 11.3 Å². The molecule has 0 saturated carbocycles. The molecule has 18 heavy (non-hydrogen) atoms. The molecule has 0 aliphatic heterocycles. The summed E-state index contributed by atoms with van der Waals surface area (Å²) in [5.41, 5.74) is 2.52. The molecule has 0 aliphatic carbocycles. The molecule has 1 aromatic rings. The summed E-state index contributed by atoms with van der Waals surface area (Å²) in [6, 6.07) is -0.344. The van der Waals surface area contributed by atoms with Gasteiger partial charge in [-0.2, -0.15) is 13.2 Å². The number of hydrogen-bond donors (Lipinski definition) is 2. The smallest absolute Gasteiger partial charge is 0.384 e. The van der Waals surface area contributed by atoms with Crippen molar-refractivity contribution in [1.82, 2.24) is 10.4 Å².